The lowest BCUT2D eigenvalue weighted by Crippen LogP contribution is -2.18. The van der Waals surface area contributed by atoms with Crippen molar-refractivity contribution in [3.05, 3.63) is 11.4 Å². The van der Waals surface area contributed by atoms with Crippen LogP contribution in [0.3, 0.4) is 0 Å². The van der Waals surface area contributed by atoms with E-state index in [0.29, 0.717) is 19.3 Å². The number of hydrogen-bond donors (Lipinski definition) is 1. The predicted octanol–water partition coefficient (Wildman–Crippen LogP) is 1.49. The van der Waals surface area contributed by atoms with Crippen LogP contribution < -0.4 is 5.73 Å². The van der Waals surface area contributed by atoms with Gasteiger partial charge in [-0.05, 0) is 19.4 Å². The highest BCUT2D eigenvalue weighted by atomic mass is 19.4. The smallest absolute Gasteiger partial charge is 0.330 e. The van der Waals surface area contributed by atoms with E-state index in [4.69, 9.17) is 11.0 Å². The summed E-state index contributed by atoms with van der Waals surface area (Å²) in [4.78, 5) is 0. The van der Waals surface area contributed by atoms with Crippen molar-refractivity contribution in [3.63, 3.8) is 0 Å². The third-order valence-electron chi connectivity index (χ3n) is 2.36. The van der Waals surface area contributed by atoms with Gasteiger partial charge in [0.2, 0.25) is 0 Å². The van der Waals surface area contributed by atoms with Gasteiger partial charge in [0.05, 0.1) is 11.8 Å². The maximum atomic E-state index is 12.8. The lowest BCUT2D eigenvalue weighted by atomic mass is 10.2. The Hall–Kier alpha value is -1.62. The van der Waals surface area contributed by atoms with Gasteiger partial charge in [-0.1, -0.05) is 5.21 Å². The van der Waals surface area contributed by atoms with Crippen molar-refractivity contribution in [3.8, 4) is 6.07 Å². The lowest BCUT2D eigenvalue weighted by molar-refractivity contribution is -0.144. The summed E-state index contributed by atoms with van der Waals surface area (Å²) < 4.78 is 39.4. The van der Waals surface area contributed by atoms with E-state index in [1.165, 1.54) is 0 Å². The van der Waals surface area contributed by atoms with Crippen molar-refractivity contribution in [1.82, 2.24) is 15.0 Å². The molecule has 1 heterocycles. The molecule has 0 saturated carbocycles. The molecule has 0 saturated heterocycles. The quantitative estimate of drug-likeness (QED) is 0.787. The number of hydrogen-bond acceptors (Lipinski definition) is 4. The van der Waals surface area contributed by atoms with E-state index in [1.807, 2.05) is 6.07 Å². The molecular weight excluding hydrogens is 247 g/mol. The summed E-state index contributed by atoms with van der Waals surface area (Å²) in [6.07, 6.45) is -3.11. The topological polar surface area (TPSA) is 80.5 Å². The molecule has 1 rings (SSSR count). The summed E-state index contributed by atoms with van der Waals surface area (Å²) >= 11 is 0. The molecule has 0 unspecified atom stereocenters. The fourth-order valence-electron chi connectivity index (χ4n) is 1.59. The average molecular weight is 261 g/mol. The molecule has 0 radical (unpaired) electrons. The minimum Gasteiger partial charge on any atom is -0.330 e. The summed E-state index contributed by atoms with van der Waals surface area (Å²) in [7, 11) is 0. The van der Waals surface area contributed by atoms with Gasteiger partial charge in [0.25, 0.3) is 0 Å². The zero-order valence-corrected chi connectivity index (χ0v) is 9.74. The highest BCUT2D eigenvalue weighted by Crippen LogP contribution is 2.31. The Bertz CT molecular complexity index is 418. The largest absolute Gasteiger partial charge is 0.434 e. The van der Waals surface area contributed by atoms with Crippen LogP contribution in [0.15, 0.2) is 0 Å². The highest BCUT2D eigenvalue weighted by molar-refractivity contribution is 5.14. The Labute approximate surface area is 102 Å². The van der Waals surface area contributed by atoms with Crippen molar-refractivity contribution < 1.29 is 13.2 Å². The second-order valence-corrected chi connectivity index (χ2v) is 3.76. The molecule has 8 heteroatoms. The number of halogens is 3. The Morgan fingerprint density at radius 2 is 2.06 bits per heavy atom. The normalized spacial score (nSPS) is 11.5. The first-order valence-electron chi connectivity index (χ1n) is 5.57. The Morgan fingerprint density at radius 3 is 2.61 bits per heavy atom. The number of nitriles is 1. The second kappa shape index (κ2) is 6.35. The number of rotatable bonds is 6. The summed E-state index contributed by atoms with van der Waals surface area (Å²) in [6, 6.07) is 1.94. The van der Waals surface area contributed by atoms with Gasteiger partial charge in [-0.15, -0.1) is 5.10 Å². The van der Waals surface area contributed by atoms with Crippen LogP contribution in [0.4, 0.5) is 13.2 Å². The zero-order valence-electron chi connectivity index (χ0n) is 9.74. The third kappa shape index (κ3) is 3.70. The van der Waals surface area contributed by atoms with E-state index in [0.717, 1.165) is 4.68 Å². The van der Waals surface area contributed by atoms with Gasteiger partial charge in [-0.25, -0.2) is 4.68 Å². The maximum Gasteiger partial charge on any atom is 0.434 e. The van der Waals surface area contributed by atoms with Crippen LogP contribution >= 0.6 is 0 Å². The zero-order chi connectivity index (χ0) is 13.6. The number of alkyl halides is 3. The van der Waals surface area contributed by atoms with Gasteiger partial charge >= 0.3 is 6.18 Å². The van der Waals surface area contributed by atoms with Crippen molar-refractivity contribution in [1.29, 1.82) is 5.26 Å². The molecule has 0 fully saturated rings. The Morgan fingerprint density at radius 1 is 1.33 bits per heavy atom. The van der Waals surface area contributed by atoms with Crippen LogP contribution in [0.25, 0.3) is 0 Å². The first-order chi connectivity index (χ1) is 8.50. The van der Waals surface area contributed by atoms with Crippen LogP contribution in [-0.2, 0) is 19.1 Å². The molecule has 0 aliphatic rings. The molecule has 100 valence electrons. The van der Waals surface area contributed by atoms with Gasteiger partial charge in [0, 0.05) is 19.4 Å². The standard InChI is InChI=1S/C10H14F3N5/c11-10(12,13)9-8(4-6-15)16-17-18(9)7-3-1-2-5-14/h1-4,6-7,15H2. The Kier molecular flexibility index (Phi) is 5.09. The van der Waals surface area contributed by atoms with Gasteiger partial charge in [0.15, 0.2) is 5.69 Å². The molecule has 1 aromatic rings. The maximum absolute atomic E-state index is 12.8. The minimum absolute atomic E-state index is 0.0486. The molecule has 1 aromatic heterocycles. The molecule has 0 aliphatic heterocycles. The molecule has 0 spiro atoms. The van der Waals surface area contributed by atoms with Gasteiger partial charge in [0.1, 0.15) is 0 Å². The molecule has 0 bridgehead atoms. The summed E-state index contributed by atoms with van der Waals surface area (Å²) in [6.45, 7) is 0.199. The lowest BCUT2D eigenvalue weighted by Gasteiger charge is -2.10. The molecule has 2 N–H and O–H groups in total. The molecule has 0 atom stereocenters. The number of unbranched alkanes of at least 4 members (excludes halogenated alkanes) is 2. The fourth-order valence-corrected chi connectivity index (χ4v) is 1.59. The van der Waals surface area contributed by atoms with Crippen LogP contribution in [0.5, 0.6) is 0 Å². The summed E-state index contributed by atoms with van der Waals surface area (Å²) in [5, 5.41) is 15.4. The number of nitrogens with zero attached hydrogens (tertiary/aromatic N) is 4. The number of nitrogens with two attached hydrogens (primary N) is 1. The van der Waals surface area contributed by atoms with E-state index in [-0.39, 0.29) is 25.2 Å². The molecule has 18 heavy (non-hydrogen) atoms. The van der Waals surface area contributed by atoms with Crippen LogP contribution in [-0.4, -0.2) is 21.5 Å². The number of aromatic nitrogens is 3. The minimum atomic E-state index is -4.48. The van der Waals surface area contributed by atoms with E-state index in [2.05, 4.69) is 10.3 Å². The predicted molar refractivity (Wildman–Crippen MR) is 57.2 cm³/mol. The van der Waals surface area contributed by atoms with E-state index in [9.17, 15) is 13.2 Å². The van der Waals surface area contributed by atoms with Crippen molar-refractivity contribution in [2.45, 2.75) is 38.4 Å². The summed E-state index contributed by atoms with van der Waals surface area (Å²) in [5.41, 5.74) is 4.29. The summed E-state index contributed by atoms with van der Waals surface area (Å²) in [5.74, 6) is 0. The highest BCUT2D eigenvalue weighted by Gasteiger charge is 2.38. The SMILES string of the molecule is N#CCCCCn1nnc(CCN)c1C(F)(F)F. The van der Waals surface area contributed by atoms with E-state index < -0.39 is 11.9 Å². The first-order valence-corrected chi connectivity index (χ1v) is 5.57. The van der Waals surface area contributed by atoms with E-state index >= 15 is 0 Å². The third-order valence-corrected chi connectivity index (χ3v) is 2.36. The number of aryl methyl sites for hydroxylation is 1. The van der Waals surface area contributed by atoms with Gasteiger partial charge < -0.3 is 5.73 Å². The van der Waals surface area contributed by atoms with Crippen LogP contribution in [0, 0.1) is 11.3 Å². The van der Waals surface area contributed by atoms with Gasteiger partial charge in [-0.3, -0.25) is 0 Å². The average Bonchev–Trinajstić information content (AvgIpc) is 2.68. The second-order valence-electron chi connectivity index (χ2n) is 3.76. The molecule has 0 amide bonds. The van der Waals surface area contributed by atoms with Crippen molar-refractivity contribution in [2.24, 2.45) is 5.73 Å². The van der Waals surface area contributed by atoms with E-state index in [1.54, 1.807) is 0 Å². The van der Waals surface area contributed by atoms with Crippen molar-refractivity contribution in [2.75, 3.05) is 6.54 Å². The molecule has 5 nitrogen and oxygen atoms in total. The first kappa shape index (κ1) is 14.4. The fraction of sp³-hybridized carbons (Fsp3) is 0.700. The van der Waals surface area contributed by atoms with Crippen molar-refractivity contribution >= 4 is 0 Å². The van der Waals surface area contributed by atoms with Gasteiger partial charge in [-0.2, -0.15) is 18.4 Å². The monoisotopic (exact) mass is 261 g/mol. The van der Waals surface area contributed by atoms with Crippen LogP contribution in [0.1, 0.15) is 30.7 Å². The molecule has 0 aliphatic carbocycles. The van der Waals surface area contributed by atoms with Crippen LogP contribution in [0.2, 0.25) is 0 Å². The molecule has 0 aromatic carbocycles. The molecular formula is C10H14F3N5. The Balaban J connectivity index is 2.81.